The van der Waals surface area contributed by atoms with Gasteiger partial charge in [0.2, 0.25) is 0 Å². The Bertz CT molecular complexity index is 1350. The molecule has 8 nitrogen and oxygen atoms in total. The number of benzene rings is 2. The molecule has 0 amide bonds. The Morgan fingerprint density at radius 3 is 2.52 bits per heavy atom. The van der Waals surface area contributed by atoms with Gasteiger partial charge in [0.05, 0.1) is 13.7 Å². The molecule has 33 heavy (non-hydrogen) atoms. The van der Waals surface area contributed by atoms with Crippen LogP contribution < -0.4 is 20.2 Å². The summed E-state index contributed by atoms with van der Waals surface area (Å²) in [7, 11) is 1.63. The Hall–Kier alpha value is -3.81. The summed E-state index contributed by atoms with van der Waals surface area (Å²) in [5, 5.41) is 4.48. The molecular weight excluding hydrogens is 416 g/mol. The average Bonchev–Trinajstić information content (AvgIpc) is 3.15. The molecule has 3 heterocycles. The third-order valence-corrected chi connectivity index (χ3v) is 6.43. The fraction of sp³-hybridized carbons (Fsp3) is 0.320. The number of piperazine rings is 1. The van der Waals surface area contributed by atoms with Crippen LogP contribution >= 0.6 is 0 Å². The summed E-state index contributed by atoms with van der Waals surface area (Å²) >= 11 is 0. The molecule has 0 N–H and O–H groups in total. The van der Waals surface area contributed by atoms with Gasteiger partial charge in [0, 0.05) is 38.1 Å². The van der Waals surface area contributed by atoms with Crippen molar-refractivity contribution in [2.45, 2.75) is 20.4 Å². The summed E-state index contributed by atoms with van der Waals surface area (Å²) in [6, 6.07) is 16.0. The van der Waals surface area contributed by atoms with Gasteiger partial charge in [0.25, 0.3) is 5.78 Å². The second-order valence-electron chi connectivity index (χ2n) is 8.44. The third-order valence-electron chi connectivity index (χ3n) is 6.43. The first kappa shape index (κ1) is 21.1. The van der Waals surface area contributed by atoms with Gasteiger partial charge in [-0.25, -0.2) is 13.9 Å². The summed E-state index contributed by atoms with van der Waals surface area (Å²) in [5.74, 6) is 2.02. The quantitative estimate of drug-likeness (QED) is 0.472. The van der Waals surface area contributed by atoms with Crippen LogP contribution in [-0.2, 0) is 6.54 Å². The van der Waals surface area contributed by atoms with Crippen molar-refractivity contribution in [1.29, 1.82) is 0 Å². The molecule has 0 spiro atoms. The molecule has 0 aliphatic carbocycles. The first-order valence-electron chi connectivity index (χ1n) is 11.2. The van der Waals surface area contributed by atoms with Crippen molar-refractivity contribution in [3.05, 3.63) is 81.9 Å². The minimum atomic E-state index is -0.202. The maximum Gasteiger partial charge on any atom is 0.351 e. The molecule has 170 valence electrons. The zero-order valence-electron chi connectivity index (χ0n) is 19.2. The van der Waals surface area contributed by atoms with E-state index < -0.39 is 0 Å². The van der Waals surface area contributed by atoms with E-state index in [1.54, 1.807) is 13.3 Å². The van der Waals surface area contributed by atoms with Crippen LogP contribution in [0.2, 0.25) is 0 Å². The number of aryl methyl sites for hydroxylation is 1. The molecule has 2 aromatic heterocycles. The molecule has 0 radical (unpaired) electrons. The van der Waals surface area contributed by atoms with Crippen LogP contribution in [0.4, 0.5) is 11.5 Å². The number of rotatable bonds is 5. The maximum atomic E-state index is 12.8. The summed E-state index contributed by atoms with van der Waals surface area (Å²) in [5.41, 5.74) is 4.71. The van der Waals surface area contributed by atoms with Crippen LogP contribution in [0.5, 0.6) is 5.75 Å². The standard InChI is InChI=1S/C25H28N6O2/c1-18-6-4-9-22(19(18)2)28-12-14-29(15-13-28)23-10-11-30-24(26-23)27-31(25(30)32)17-20-7-5-8-21(16-20)33-3/h4-11,16H,12-15,17H2,1-3H3. The second-order valence-corrected chi connectivity index (χ2v) is 8.44. The van der Waals surface area contributed by atoms with E-state index in [-0.39, 0.29) is 5.69 Å². The highest BCUT2D eigenvalue weighted by Crippen LogP contribution is 2.25. The lowest BCUT2D eigenvalue weighted by molar-refractivity contribution is 0.414. The van der Waals surface area contributed by atoms with Crippen LogP contribution in [0.25, 0.3) is 5.78 Å². The summed E-state index contributed by atoms with van der Waals surface area (Å²) in [6.45, 7) is 8.29. The van der Waals surface area contributed by atoms with E-state index in [1.165, 1.54) is 25.9 Å². The van der Waals surface area contributed by atoms with E-state index in [2.05, 4.69) is 46.9 Å². The van der Waals surface area contributed by atoms with Crippen molar-refractivity contribution in [2.75, 3.05) is 43.1 Å². The summed E-state index contributed by atoms with van der Waals surface area (Å²) in [4.78, 5) is 22.2. The van der Waals surface area contributed by atoms with E-state index in [9.17, 15) is 4.79 Å². The number of hydrogen-bond donors (Lipinski definition) is 0. The summed E-state index contributed by atoms with van der Waals surface area (Å²) in [6.07, 6.45) is 1.77. The van der Waals surface area contributed by atoms with E-state index in [0.29, 0.717) is 12.3 Å². The number of hydrogen-bond acceptors (Lipinski definition) is 6. The Morgan fingerprint density at radius 1 is 0.970 bits per heavy atom. The van der Waals surface area contributed by atoms with E-state index in [0.717, 1.165) is 43.3 Å². The van der Waals surface area contributed by atoms with Gasteiger partial charge in [0.1, 0.15) is 11.6 Å². The second kappa shape index (κ2) is 8.61. The van der Waals surface area contributed by atoms with Gasteiger partial charge in [-0.15, -0.1) is 5.10 Å². The largest absolute Gasteiger partial charge is 0.497 e. The number of ether oxygens (including phenoxy) is 1. The van der Waals surface area contributed by atoms with Crippen molar-refractivity contribution in [1.82, 2.24) is 19.2 Å². The normalized spacial score (nSPS) is 14.2. The van der Waals surface area contributed by atoms with E-state index in [1.807, 2.05) is 30.3 Å². The van der Waals surface area contributed by atoms with Crippen LogP contribution in [0.15, 0.2) is 59.5 Å². The molecule has 1 fully saturated rings. The van der Waals surface area contributed by atoms with Gasteiger partial charge in [-0.1, -0.05) is 24.3 Å². The van der Waals surface area contributed by atoms with Gasteiger partial charge in [-0.3, -0.25) is 0 Å². The van der Waals surface area contributed by atoms with Gasteiger partial charge in [-0.05, 0) is 54.8 Å². The molecule has 0 unspecified atom stereocenters. The molecule has 8 heteroatoms. The number of methoxy groups -OCH3 is 1. The number of anilines is 2. The summed E-state index contributed by atoms with van der Waals surface area (Å²) < 4.78 is 8.22. The lowest BCUT2D eigenvalue weighted by Gasteiger charge is -2.37. The van der Waals surface area contributed by atoms with Crippen molar-refractivity contribution < 1.29 is 4.74 Å². The van der Waals surface area contributed by atoms with Crippen LogP contribution in [-0.4, -0.2) is 52.5 Å². The Labute approximate surface area is 192 Å². The van der Waals surface area contributed by atoms with Gasteiger partial charge in [0.15, 0.2) is 0 Å². The van der Waals surface area contributed by atoms with Gasteiger partial charge in [-0.2, -0.15) is 4.98 Å². The number of aromatic nitrogens is 4. The highest BCUT2D eigenvalue weighted by molar-refractivity contribution is 5.57. The highest BCUT2D eigenvalue weighted by atomic mass is 16.5. The zero-order valence-corrected chi connectivity index (χ0v) is 19.2. The smallest absolute Gasteiger partial charge is 0.351 e. The van der Waals surface area contributed by atoms with Gasteiger partial charge >= 0.3 is 5.69 Å². The van der Waals surface area contributed by atoms with Crippen molar-refractivity contribution >= 4 is 17.3 Å². The molecule has 5 rings (SSSR count). The zero-order chi connectivity index (χ0) is 22.9. The molecule has 4 aromatic rings. The minimum Gasteiger partial charge on any atom is -0.497 e. The molecule has 1 saturated heterocycles. The first-order valence-corrected chi connectivity index (χ1v) is 11.2. The fourth-order valence-electron chi connectivity index (χ4n) is 4.37. The monoisotopic (exact) mass is 444 g/mol. The molecule has 0 saturated carbocycles. The topological polar surface area (TPSA) is 67.9 Å². The van der Waals surface area contributed by atoms with Crippen LogP contribution in [0, 0.1) is 13.8 Å². The lowest BCUT2D eigenvalue weighted by Crippen LogP contribution is -2.47. The van der Waals surface area contributed by atoms with Crippen LogP contribution in [0.1, 0.15) is 16.7 Å². The molecule has 0 atom stereocenters. The van der Waals surface area contributed by atoms with Crippen molar-refractivity contribution in [3.8, 4) is 5.75 Å². The molecule has 1 aliphatic heterocycles. The SMILES string of the molecule is COc1cccc(Cn2nc3nc(N4CCN(c5cccc(C)c5C)CC4)ccn3c2=O)c1. The van der Waals surface area contributed by atoms with Crippen molar-refractivity contribution in [2.24, 2.45) is 0 Å². The lowest BCUT2D eigenvalue weighted by atomic mass is 10.1. The Kier molecular flexibility index (Phi) is 5.50. The number of fused-ring (bicyclic) bond motifs is 1. The molecule has 2 aromatic carbocycles. The molecule has 1 aliphatic rings. The first-order chi connectivity index (χ1) is 16.0. The predicted octanol–water partition coefficient (Wildman–Crippen LogP) is 2.89. The maximum absolute atomic E-state index is 12.8. The van der Waals surface area contributed by atoms with Crippen LogP contribution in [0.3, 0.4) is 0 Å². The van der Waals surface area contributed by atoms with Crippen molar-refractivity contribution in [3.63, 3.8) is 0 Å². The molecule has 0 bridgehead atoms. The highest BCUT2D eigenvalue weighted by Gasteiger charge is 2.21. The number of nitrogens with zero attached hydrogens (tertiary/aromatic N) is 6. The Morgan fingerprint density at radius 2 is 1.73 bits per heavy atom. The van der Waals surface area contributed by atoms with E-state index >= 15 is 0 Å². The Balaban J connectivity index is 1.34. The predicted molar refractivity (Wildman–Crippen MR) is 130 cm³/mol. The third kappa shape index (κ3) is 4.04. The minimum absolute atomic E-state index is 0.202. The molecular formula is C25H28N6O2. The van der Waals surface area contributed by atoms with Gasteiger partial charge < -0.3 is 14.5 Å². The fourth-order valence-corrected chi connectivity index (χ4v) is 4.37. The average molecular weight is 445 g/mol. The van der Waals surface area contributed by atoms with E-state index in [4.69, 9.17) is 9.72 Å².